The van der Waals surface area contributed by atoms with Crippen LogP contribution < -0.4 is 21.3 Å². The standard InChI is InChI=1S/C36H42N6O10/c1-24-21-42(24)36(50)52-22-26-11-13-27(14-12-26)39-30(44)19-38-35(49)28(18-25-8-4-2-5-9-25)40-31(45)23-51-34(48)20-37-29(43)10-6-3-7-17-41-32(46)15-16-33(41)47/h2,4-5,8-9,11-16,24,28H,3,6-7,10,17-23H2,1H3,(H,37,43)(H,38,49)(H,39,44)(H,40,45). The van der Waals surface area contributed by atoms with Gasteiger partial charge in [0.2, 0.25) is 17.7 Å². The number of nitrogens with zero attached hydrogens (tertiary/aromatic N) is 2. The molecule has 1 fully saturated rings. The van der Waals surface area contributed by atoms with Crippen LogP contribution in [0.3, 0.4) is 0 Å². The molecule has 0 bridgehead atoms. The minimum atomic E-state index is -1.10. The number of benzene rings is 2. The number of rotatable bonds is 19. The van der Waals surface area contributed by atoms with Crippen LogP contribution in [0.2, 0.25) is 0 Å². The molecule has 7 amide bonds. The molecule has 0 spiro atoms. The van der Waals surface area contributed by atoms with Gasteiger partial charge in [-0.3, -0.25) is 38.5 Å². The van der Waals surface area contributed by atoms with Crippen LogP contribution in [0.4, 0.5) is 10.5 Å². The van der Waals surface area contributed by atoms with E-state index in [0.717, 1.165) is 16.0 Å². The number of esters is 1. The molecule has 0 radical (unpaired) electrons. The van der Waals surface area contributed by atoms with E-state index in [1.165, 1.54) is 12.2 Å². The summed E-state index contributed by atoms with van der Waals surface area (Å²) in [5.41, 5.74) is 1.93. The fourth-order valence-corrected chi connectivity index (χ4v) is 5.04. The van der Waals surface area contributed by atoms with Crippen LogP contribution in [0.25, 0.3) is 0 Å². The molecule has 2 heterocycles. The molecule has 0 aliphatic carbocycles. The van der Waals surface area contributed by atoms with E-state index in [-0.39, 0.29) is 49.9 Å². The molecule has 2 aromatic carbocycles. The van der Waals surface area contributed by atoms with Crippen LogP contribution in [-0.4, -0.2) is 102 Å². The van der Waals surface area contributed by atoms with Crippen molar-refractivity contribution in [2.24, 2.45) is 0 Å². The van der Waals surface area contributed by atoms with Gasteiger partial charge in [-0.2, -0.15) is 0 Å². The lowest BCUT2D eigenvalue weighted by molar-refractivity contribution is -0.148. The average Bonchev–Trinajstić information content (AvgIpc) is 3.79. The maximum atomic E-state index is 13.1. The second-order valence-corrected chi connectivity index (χ2v) is 12.2. The summed E-state index contributed by atoms with van der Waals surface area (Å²) in [6, 6.07) is 14.6. The van der Waals surface area contributed by atoms with Crippen LogP contribution in [-0.2, 0) is 56.1 Å². The zero-order valence-corrected chi connectivity index (χ0v) is 28.8. The number of amides is 7. The van der Waals surface area contributed by atoms with Crippen molar-refractivity contribution in [2.75, 3.05) is 38.1 Å². The first-order valence-electron chi connectivity index (χ1n) is 16.9. The third-order valence-corrected chi connectivity index (χ3v) is 8.03. The molecule has 1 saturated heterocycles. The molecular formula is C36H42N6O10. The maximum Gasteiger partial charge on any atom is 0.410 e. The Morgan fingerprint density at radius 3 is 2.15 bits per heavy atom. The van der Waals surface area contributed by atoms with Crippen molar-refractivity contribution in [3.05, 3.63) is 77.9 Å². The van der Waals surface area contributed by atoms with E-state index in [1.54, 1.807) is 59.5 Å². The largest absolute Gasteiger partial charge is 0.454 e. The number of hydrogen-bond acceptors (Lipinski definition) is 10. The summed E-state index contributed by atoms with van der Waals surface area (Å²) < 4.78 is 10.2. The minimum absolute atomic E-state index is 0.0900. The number of unbranched alkanes of at least 4 members (excludes halogenated alkanes) is 2. The highest BCUT2D eigenvalue weighted by atomic mass is 16.6. The lowest BCUT2D eigenvalue weighted by Crippen LogP contribution is -2.50. The van der Waals surface area contributed by atoms with Crippen LogP contribution >= 0.6 is 0 Å². The summed E-state index contributed by atoms with van der Waals surface area (Å²) in [7, 11) is 0. The van der Waals surface area contributed by atoms with Gasteiger partial charge in [0, 0.05) is 43.8 Å². The van der Waals surface area contributed by atoms with Gasteiger partial charge in [-0.25, -0.2) is 4.79 Å². The van der Waals surface area contributed by atoms with Gasteiger partial charge in [0.1, 0.15) is 19.2 Å². The average molecular weight is 719 g/mol. The highest BCUT2D eigenvalue weighted by Crippen LogP contribution is 2.18. The predicted octanol–water partition coefficient (Wildman–Crippen LogP) is 0.954. The molecule has 2 aliphatic rings. The quantitative estimate of drug-likeness (QED) is 0.0700. The Morgan fingerprint density at radius 2 is 1.48 bits per heavy atom. The van der Waals surface area contributed by atoms with Crippen molar-refractivity contribution >= 4 is 53.2 Å². The summed E-state index contributed by atoms with van der Waals surface area (Å²) in [5, 5.41) is 10.1. The fraction of sp³-hybridized carbons (Fsp3) is 0.389. The highest BCUT2D eigenvalue weighted by Gasteiger charge is 2.35. The van der Waals surface area contributed by atoms with Gasteiger partial charge in [0.05, 0.1) is 12.6 Å². The van der Waals surface area contributed by atoms with Gasteiger partial charge in [0.25, 0.3) is 17.7 Å². The first kappa shape index (κ1) is 38.7. The van der Waals surface area contributed by atoms with E-state index < -0.39 is 55.3 Å². The molecule has 52 heavy (non-hydrogen) atoms. The fourth-order valence-electron chi connectivity index (χ4n) is 5.04. The van der Waals surface area contributed by atoms with Gasteiger partial charge in [0.15, 0.2) is 6.61 Å². The van der Waals surface area contributed by atoms with Gasteiger partial charge >= 0.3 is 12.1 Å². The molecule has 2 aromatic rings. The normalized spacial score (nSPS) is 15.1. The smallest absolute Gasteiger partial charge is 0.410 e. The number of nitrogens with one attached hydrogen (secondary N) is 4. The number of ether oxygens (including phenoxy) is 2. The first-order valence-corrected chi connectivity index (χ1v) is 16.9. The van der Waals surface area contributed by atoms with Crippen LogP contribution in [0.15, 0.2) is 66.7 Å². The Balaban J connectivity index is 1.14. The van der Waals surface area contributed by atoms with E-state index >= 15 is 0 Å². The van der Waals surface area contributed by atoms with Crippen molar-refractivity contribution < 1.29 is 47.8 Å². The Bertz CT molecular complexity index is 1650. The number of imide groups is 1. The Kier molecular flexibility index (Phi) is 14.4. The van der Waals surface area contributed by atoms with Crippen molar-refractivity contribution in [2.45, 2.75) is 57.7 Å². The van der Waals surface area contributed by atoms with Gasteiger partial charge in [-0.1, -0.05) is 48.9 Å². The Morgan fingerprint density at radius 1 is 0.788 bits per heavy atom. The predicted molar refractivity (Wildman–Crippen MR) is 185 cm³/mol. The van der Waals surface area contributed by atoms with Crippen molar-refractivity contribution in [3.8, 4) is 0 Å². The molecule has 2 unspecified atom stereocenters. The third kappa shape index (κ3) is 13.0. The van der Waals surface area contributed by atoms with E-state index in [9.17, 15) is 38.4 Å². The second kappa shape index (κ2) is 19.4. The van der Waals surface area contributed by atoms with E-state index in [2.05, 4.69) is 21.3 Å². The number of hydrogen-bond donors (Lipinski definition) is 4. The molecule has 4 rings (SSSR count). The minimum Gasteiger partial charge on any atom is -0.454 e. The van der Waals surface area contributed by atoms with Gasteiger partial charge in [-0.05, 0) is 43.0 Å². The Labute approximate surface area is 300 Å². The Hall–Kier alpha value is -6.06. The molecule has 16 heteroatoms. The summed E-state index contributed by atoms with van der Waals surface area (Å²) in [4.78, 5) is 100. The molecule has 0 aromatic heterocycles. The molecule has 2 atom stereocenters. The maximum absolute atomic E-state index is 13.1. The third-order valence-electron chi connectivity index (χ3n) is 8.03. The van der Waals surface area contributed by atoms with Crippen molar-refractivity contribution in [1.82, 2.24) is 25.8 Å². The SMILES string of the molecule is CC1CN1C(=O)OCc1ccc(NC(=O)CNC(=O)C(Cc2ccccc2)NC(=O)COC(=O)CNC(=O)CCCCCN2C(=O)C=CC2=O)cc1. The summed E-state index contributed by atoms with van der Waals surface area (Å²) >= 11 is 0. The zero-order chi connectivity index (χ0) is 37.5. The first-order chi connectivity index (χ1) is 25.0. The van der Waals surface area contributed by atoms with E-state index in [4.69, 9.17) is 9.47 Å². The topological polar surface area (TPSA) is 209 Å². The van der Waals surface area contributed by atoms with Gasteiger partial charge in [-0.15, -0.1) is 0 Å². The molecule has 0 saturated carbocycles. The van der Waals surface area contributed by atoms with Crippen molar-refractivity contribution in [3.63, 3.8) is 0 Å². The van der Waals surface area contributed by atoms with Crippen molar-refractivity contribution in [1.29, 1.82) is 0 Å². The van der Waals surface area contributed by atoms with Crippen LogP contribution in [0.1, 0.15) is 43.7 Å². The lowest BCUT2D eigenvalue weighted by atomic mass is 10.1. The monoisotopic (exact) mass is 718 g/mol. The van der Waals surface area contributed by atoms with Crippen LogP contribution in [0, 0.1) is 0 Å². The molecule has 276 valence electrons. The van der Waals surface area contributed by atoms with Gasteiger partial charge < -0.3 is 35.6 Å². The summed E-state index contributed by atoms with van der Waals surface area (Å²) in [6.07, 6.45) is 3.86. The molecule has 2 aliphatic heterocycles. The van der Waals surface area contributed by atoms with E-state index in [0.29, 0.717) is 31.5 Å². The summed E-state index contributed by atoms with van der Waals surface area (Å²) in [6.45, 7) is 1.39. The zero-order valence-electron chi connectivity index (χ0n) is 28.8. The number of carbonyl (C=O) groups excluding carboxylic acids is 8. The molecule has 16 nitrogen and oxygen atoms in total. The number of carbonyl (C=O) groups is 8. The second-order valence-electron chi connectivity index (χ2n) is 12.2. The van der Waals surface area contributed by atoms with E-state index in [1.807, 2.05) is 6.92 Å². The van der Waals surface area contributed by atoms with Crippen LogP contribution in [0.5, 0.6) is 0 Å². The lowest BCUT2D eigenvalue weighted by Gasteiger charge is -2.19. The highest BCUT2D eigenvalue weighted by molar-refractivity contribution is 6.12. The molecule has 4 N–H and O–H groups in total. The molecular weight excluding hydrogens is 676 g/mol. The summed E-state index contributed by atoms with van der Waals surface area (Å²) in [5.74, 6) is -3.90. The number of anilines is 1.